The van der Waals surface area contributed by atoms with Gasteiger partial charge < -0.3 is 0 Å². The van der Waals surface area contributed by atoms with Crippen molar-refractivity contribution in [2.75, 3.05) is 20.1 Å². The Morgan fingerprint density at radius 2 is 2.18 bits per heavy atom. The van der Waals surface area contributed by atoms with Gasteiger partial charge in [0, 0.05) is 20.1 Å². The third kappa shape index (κ3) is 1.94. The minimum atomic E-state index is 0.498. The molecule has 1 N–H and O–H groups in total. The molecule has 1 atom stereocenters. The zero-order valence-corrected chi connectivity index (χ0v) is 8.15. The molecule has 0 amide bonds. The summed E-state index contributed by atoms with van der Waals surface area (Å²) in [7, 11) is 2.12. The summed E-state index contributed by atoms with van der Waals surface area (Å²) in [6.07, 6.45) is 1.27. The number of hydrogen-bond donors (Lipinski definition) is 1. The Labute approximate surface area is 69.9 Å². The number of rotatable bonds is 2. The zero-order chi connectivity index (χ0) is 8.48. The van der Waals surface area contributed by atoms with Crippen LogP contribution in [0.25, 0.3) is 0 Å². The van der Waals surface area contributed by atoms with Crippen LogP contribution < -0.4 is 5.43 Å². The van der Waals surface area contributed by atoms with Gasteiger partial charge in [0.05, 0.1) is 0 Å². The van der Waals surface area contributed by atoms with E-state index in [0.717, 1.165) is 12.5 Å². The Hall–Kier alpha value is -0.0800. The lowest BCUT2D eigenvalue weighted by Crippen LogP contribution is -2.27. The average Bonchev–Trinajstić information content (AvgIpc) is 2.36. The maximum absolute atomic E-state index is 3.34. The summed E-state index contributed by atoms with van der Waals surface area (Å²) in [6.45, 7) is 9.34. The lowest BCUT2D eigenvalue weighted by Gasteiger charge is -2.29. The van der Waals surface area contributed by atoms with Crippen LogP contribution in [-0.2, 0) is 0 Å². The molecule has 0 aromatic rings. The van der Waals surface area contributed by atoms with Crippen molar-refractivity contribution in [3.05, 3.63) is 0 Å². The van der Waals surface area contributed by atoms with E-state index in [2.05, 4.69) is 38.3 Å². The molecule has 2 heteroatoms. The third-order valence-corrected chi connectivity index (χ3v) is 3.12. The number of hydrazine groups is 1. The third-order valence-electron chi connectivity index (χ3n) is 3.12. The first-order valence-electron chi connectivity index (χ1n) is 4.51. The predicted octanol–water partition coefficient (Wildman–Crippen LogP) is 1.49. The van der Waals surface area contributed by atoms with Gasteiger partial charge in [-0.1, -0.05) is 27.2 Å². The molecule has 0 aromatic heterocycles. The van der Waals surface area contributed by atoms with Crippen LogP contribution in [0.15, 0.2) is 0 Å². The maximum atomic E-state index is 3.34. The Kier molecular flexibility index (Phi) is 2.55. The van der Waals surface area contributed by atoms with Crippen LogP contribution in [0.1, 0.15) is 27.2 Å². The summed E-state index contributed by atoms with van der Waals surface area (Å²) in [4.78, 5) is 0. The topological polar surface area (TPSA) is 15.3 Å². The van der Waals surface area contributed by atoms with Gasteiger partial charge in [-0.2, -0.15) is 0 Å². The fraction of sp³-hybridized carbons (Fsp3) is 1.00. The van der Waals surface area contributed by atoms with Crippen LogP contribution in [0.4, 0.5) is 0 Å². The Morgan fingerprint density at radius 3 is 2.55 bits per heavy atom. The highest BCUT2D eigenvalue weighted by molar-refractivity contribution is 4.83. The highest BCUT2D eigenvalue weighted by Gasteiger charge is 2.32. The minimum absolute atomic E-state index is 0.498. The molecular formula is C9H20N2. The van der Waals surface area contributed by atoms with Crippen molar-refractivity contribution in [1.82, 2.24) is 10.4 Å². The molecule has 0 bridgehead atoms. The first kappa shape index (κ1) is 9.01. The fourth-order valence-electron chi connectivity index (χ4n) is 1.54. The van der Waals surface area contributed by atoms with Crippen LogP contribution in [0.3, 0.4) is 0 Å². The van der Waals surface area contributed by atoms with Crippen molar-refractivity contribution >= 4 is 0 Å². The van der Waals surface area contributed by atoms with Crippen LogP contribution in [0.2, 0.25) is 0 Å². The molecular weight excluding hydrogens is 136 g/mol. The van der Waals surface area contributed by atoms with Gasteiger partial charge in [-0.3, -0.25) is 5.43 Å². The molecule has 11 heavy (non-hydrogen) atoms. The van der Waals surface area contributed by atoms with Gasteiger partial charge in [0.2, 0.25) is 0 Å². The van der Waals surface area contributed by atoms with Crippen molar-refractivity contribution < 1.29 is 0 Å². The van der Waals surface area contributed by atoms with Crippen molar-refractivity contribution in [2.24, 2.45) is 11.3 Å². The van der Waals surface area contributed by atoms with E-state index < -0.39 is 0 Å². The first-order valence-corrected chi connectivity index (χ1v) is 4.51. The second-order valence-electron chi connectivity index (χ2n) is 4.28. The summed E-state index contributed by atoms with van der Waals surface area (Å²) < 4.78 is 0. The van der Waals surface area contributed by atoms with Gasteiger partial charge in [-0.05, 0) is 11.3 Å². The molecule has 0 saturated carbocycles. The van der Waals surface area contributed by atoms with Crippen molar-refractivity contribution in [2.45, 2.75) is 27.2 Å². The Bertz CT molecular complexity index is 132. The minimum Gasteiger partial charge on any atom is -0.255 e. The molecule has 0 spiro atoms. The zero-order valence-electron chi connectivity index (χ0n) is 8.15. The monoisotopic (exact) mass is 156 g/mol. The smallest absolute Gasteiger partial charge is 0.0174 e. The quantitative estimate of drug-likeness (QED) is 0.651. The SMILES string of the molecule is CCC(C)(C)C1CNN(C)C1. The van der Waals surface area contributed by atoms with Gasteiger partial charge in [-0.25, -0.2) is 5.01 Å². The van der Waals surface area contributed by atoms with Crippen molar-refractivity contribution in [3.63, 3.8) is 0 Å². The Morgan fingerprint density at radius 1 is 1.55 bits per heavy atom. The molecule has 1 rings (SSSR count). The normalized spacial score (nSPS) is 27.8. The van der Waals surface area contributed by atoms with E-state index in [1.165, 1.54) is 13.0 Å². The van der Waals surface area contributed by atoms with Crippen LogP contribution in [-0.4, -0.2) is 25.1 Å². The highest BCUT2D eigenvalue weighted by Crippen LogP contribution is 2.32. The lowest BCUT2D eigenvalue weighted by molar-refractivity contribution is 0.213. The van der Waals surface area contributed by atoms with Gasteiger partial charge in [0.15, 0.2) is 0 Å². The largest absolute Gasteiger partial charge is 0.255 e. The molecule has 1 unspecified atom stereocenters. The van der Waals surface area contributed by atoms with E-state index in [9.17, 15) is 0 Å². The molecule has 1 fully saturated rings. The molecule has 1 aliphatic rings. The Balaban J connectivity index is 2.48. The fourth-order valence-corrected chi connectivity index (χ4v) is 1.54. The molecule has 0 aromatic carbocycles. The molecule has 1 aliphatic heterocycles. The molecule has 2 nitrogen and oxygen atoms in total. The summed E-state index contributed by atoms with van der Waals surface area (Å²) in [6, 6.07) is 0. The van der Waals surface area contributed by atoms with Gasteiger partial charge in [0.25, 0.3) is 0 Å². The average molecular weight is 156 g/mol. The van der Waals surface area contributed by atoms with Crippen molar-refractivity contribution in [3.8, 4) is 0 Å². The summed E-state index contributed by atoms with van der Waals surface area (Å²) >= 11 is 0. The van der Waals surface area contributed by atoms with E-state index in [-0.39, 0.29) is 0 Å². The molecule has 0 radical (unpaired) electrons. The van der Waals surface area contributed by atoms with E-state index in [4.69, 9.17) is 0 Å². The van der Waals surface area contributed by atoms with Gasteiger partial charge >= 0.3 is 0 Å². The van der Waals surface area contributed by atoms with E-state index in [1.54, 1.807) is 0 Å². The number of hydrogen-bond acceptors (Lipinski definition) is 2. The van der Waals surface area contributed by atoms with E-state index in [1.807, 2.05) is 0 Å². The lowest BCUT2D eigenvalue weighted by atomic mass is 9.77. The number of nitrogens with zero attached hydrogens (tertiary/aromatic N) is 1. The van der Waals surface area contributed by atoms with Crippen LogP contribution in [0, 0.1) is 11.3 Å². The molecule has 66 valence electrons. The van der Waals surface area contributed by atoms with Crippen LogP contribution in [0.5, 0.6) is 0 Å². The summed E-state index contributed by atoms with van der Waals surface area (Å²) in [5.74, 6) is 0.817. The second-order valence-corrected chi connectivity index (χ2v) is 4.28. The predicted molar refractivity (Wildman–Crippen MR) is 48.2 cm³/mol. The summed E-state index contributed by atoms with van der Waals surface area (Å²) in [5.41, 5.74) is 3.84. The van der Waals surface area contributed by atoms with Gasteiger partial charge in [-0.15, -0.1) is 0 Å². The summed E-state index contributed by atoms with van der Waals surface area (Å²) in [5, 5.41) is 2.20. The molecule has 1 saturated heterocycles. The highest BCUT2D eigenvalue weighted by atomic mass is 15.5. The maximum Gasteiger partial charge on any atom is 0.0174 e. The molecule has 0 aliphatic carbocycles. The van der Waals surface area contributed by atoms with Crippen molar-refractivity contribution in [1.29, 1.82) is 0 Å². The molecule has 1 heterocycles. The standard InChI is InChI=1S/C9H20N2/c1-5-9(2,3)8-6-10-11(4)7-8/h8,10H,5-7H2,1-4H3. The first-order chi connectivity index (χ1) is 5.06. The van der Waals surface area contributed by atoms with Crippen LogP contribution >= 0.6 is 0 Å². The second kappa shape index (κ2) is 3.11. The van der Waals surface area contributed by atoms with E-state index >= 15 is 0 Å². The number of nitrogens with one attached hydrogen (secondary N) is 1. The van der Waals surface area contributed by atoms with E-state index in [0.29, 0.717) is 5.41 Å². The van der Waals surface area contributed by atoms with Gasteiger partial charge in [0.1, 0.15) is 0 Å².